The van der Waals surface area contributed by atoms with Gasteiger partial charge in [-0.3, -0.25) is 9.59 Å². The molecule has 0 aliphatic carbocycles. The van der Waals surface area contributed by atoms with Crippen LogP contribution in [0.15, 0.2) is 48.5 Å². The van der Waals surface area contributed by atoms with E-state index in [0.29, 0.717) is 17.0 Å². The number of amides is 1. The van der Waals surface area contributed by atoms with E-state index in [1.54, 1.807) is 6.92 Å². The van der Waals surface area contributed by atoms with Gasteiger partial charge in [-0.05, 0) is 50.2 Å². The van der Waals surface area contributed by atoms with Crippen LogP contribution in [0.2, 0.25) is 0 Å². The summed E-state index contributed by atoms with van der Waals surface area (Å²) in [5.41, 5.74) is 2.19. The summed E-state index contributed by atoms with van der Waals surface area (Å²) in [6.07, 6.45) is 0. The van der Waals surface area contributed by atoms with Crippen molar-refractivity contribution in [2.24, 2.45) is 0 Å². The molecule has 0 aliphatic rings. The zero-order valence-corrected chi connectivity index (χ0v) is 16.2. The first-order chi connectivity index (χ1) is 12.9. The molecule has 1 N–H and O–H groups in total. The normalized spacial score (nSPS) is 11.4. The molecule has 6 nitrogen and oxygen atoms in total. The van der Waals surface area contributed by atoms with Gasteiger partial charge >= 0.3 is 11.9 Å². The Balaban J connectivity index is 1.80. The van der Waals surface area contributed by atoms with Crippen LogP contribution in [-0.2, 0) is 14.3 Å². The van der Waals surface area contributed by atoms with Gasteiger partial charge in [-0.25, -0.2) is 4.79 Å². The largest absolute Gasteiger partial charge is 0.465 e. The number of esters is 2. The Morgan fingerprint density at radius 2 is 1.67 bits per heavy atom. The van der Waals surface area contributed by atoms with E-state index in [4.69, 9.17) is 4.74 Å². The third-order valence-electron chi connectivity index (χ3n) is 3.63. The highest BCUT2D eigenvalue weighted by atomic mass is 32.2. The van der Waals surface area contributed by atoms with Crippen molar-refractivity contribution in [3.05, 3.63) is 59.7 Å². The number of carbonyl (C=O) groups excluding carboxylic acids is 3. The fraction of sp³-hybridized carbons (Fsp3) is 0.250. The van der Waals surface area contributed by atoms with Crippen molar-refractivity contribution in [1.82, 2.24) is 0 Å². The smallest absolute Gasteiger partial charge is 0.337 e. The van der Waals surface area contributed by atoms with E-state index in [1.165, 1.54) is 43.1 Å². The highest BCUT2D eigenvalue weighted by molar-refractivity contribution is 8.01. The number of ether oxygens (including phenoxy) is 2. The molecule has 0 radical (unpaired) electrons. The lowest BCUT2D eigenvalue weighted by atomic mass is 10.2. The molecule has 1 atom stereocenters. The van der Waals surface area contributed by atoms with Crippen LogP contribution in [0.25, 0.3) is 0 Å². The third-order valence-corrected chi connectivity index (χ3v) is 4.75. The van der Waals surface area contributed by atoms with Gasteiger partial charge in [0, 0.05) is 5.69 Å². The number of methoxy groups -OCH3 is 1. The zero-order chi connectivity index (χ0) is 19.8. The molecule has 2 aromatic carbocycles. The van der Waals surface area contributed by atoms with Crippen molar-refractivity contribution >= 4 is 35.3 Å². The number of rotatable bonds is 7. The molecular formula is C20H21NO5S. The van der Waals surface area contributed by atoms with E-state index in [9.17, 15) is 14.4 Å². The lowest BCUT2D eigenvalue weighted by molar-refractivity contribution is -0.133. The van der Waals surface area contributed by atoms with Crippen molar-refractivity contribution in [3.8, 4) is 5.75 Å². The molecule has 0 saturated heterocycles. The summed E-state index contributed by atoms with van der Waals surface area (Å²) in [6, 6.07) is 13.5. The van der Waals surface area contributed by atoms with Gasteiger partial charge < -0.3 is 14.8 Å². The van der Waals surface area contributed by atoms with Crippen molar-refractivity contribution in [2.75, 3.05) is 18.2 Å². The van der Waals surface area contributed by atoms with E-state index >= 15 is 0 Å². The molecule has 0 fully saturated rings. The summed E-state index contributed by atoms with van der Waals surface area (Å²) in [6.45, 7) is 3.65. The van der Waals surface area contributed by atoms with Crippen LogP contribution in [0.5, 0.6) is 5.75 Å². The minimum absolute atomic E-state index is 0.130. The lowest BCUT2D eigenvalue weighted by Crippen LogP contribution is -2.23. The molecule has 7 heteroatoms. The second-order valence-electron chi connectivity index (χ2n) is 5.80. The van der Waals surface area contributed by atoms with Gasteiger partial charge in [-0.1, -0.05) is 17.7 Å². The average Bonchev–Trinajstić information content (AvgIpc) is 2.67. The van der Waals surface area contributed by atoms with Gasteiger partial charge in [0.2, 0.25) is 5.91 Å². The van der Waals surface area contributed by atoms with E-state index in [-0.39, 0.29) is 11.7 Å². The summed E-state index contributed by atoms with van der Waals surface area (Å²) in [5, 5.41) is 2.26. The van der Waals surface area contributed by atoms with E-state index in [0.717, 1.165) is 5.56 Å². The van der Waals surface area contributed by atoms with Crippen LogP contribution >= 0.6 is 11.8 Å². The minimum atomic E-state index is -0.519. The summed E-state index contributed by atoms with van der Waals surface area (Å²) < 4.78 is 9.87. The van der Waals surface area contributed by atoms with Gasteiger partial charge in [-0.2, -0.15) is 0 Å². The summed E-state index contributed by atoms with van der Waals surface area (Å²) in [7, 11) is 1.30. The predicted molar refractivity (Wildman–Crippen MR) is 105 cm³/mol. The molecule has 142 valence electrons. The Morgan fingerprint density at radius 1 is 1.04 bits per heavy atom. The number of thioether (sulfide) groups is 1. The van der Waals surface area contributed by atoms with E-state index < -0.39 is 17.2 Å². The van der Waals surface area contributed by atoms with Crippen molar-refractivity contribution < 1.29 is 23.9 Å². The SMILES string of the molecule is COC(=O)c1ccc(OC(=O)[C@H](C)SCC(=O)Nc2ccc(C)cc2)cc1. The van der Waals surface area contributed by atoms with E-state index in [2.05, 4.69) is 10.1 Å². The quantitative estimate of drug-likeness (QED) is 0.579. The fourth-order valence-corrected chi connectivity index (χ4v) is 2.74. The molecule has 0 saturated carbocycles. The number of hydrogen-bond donors (Lipinski definition) is 1. The molecule has 2 rings (SSSR count). The Hall–Kier alpha value is -2.80. The first kappa shape index (κ1) is 20.5. The maximum absolute atomic E-state index is 12.1. The molecule has 1 amide bonds. The van der Waals surface area contributed by atoms with Crippen molar-refractivity contribution in [1.29, 1.82) is 0 Å². The number of aryl methyl sites for hydroxylation is 1. The molecule has 0 heterocycles. The number of anilines is 1. The van der Waals surface area contributed by atoms with Crippen LogP contribution in [0, 0.1) is 6.92 Å². The van der Waals surface area contributed by atoms with Crippen LogP contribution in [0.1, 0.15) is 22.8 Å². The summed E-state index contributed by atoms with van der Waals surface area (Å²) in [4.78, 5) is 35.5. The topological polar surface area (TPSA) is 81.7 Å². The molecule has 0 aliphatic heterocycles. The Labute approximate surface area is 162 Å². The highest BCUT2D eigenvalue weighted by Gasteiger charge is 2.18. The fourth-order valence-electron chi connectivity index (χ4n) is 2.08. The van der Waals surface area contributed by atoms with Crippen molar-refractivity contribution in [3.63, 3.8) is 0 Å². The predicted octanol–water partition coefficient (Wildman–Crippen LogP) is 3.45. The maximum Gasteiger partial charge on any atom is 0.337 e. The van der Waals surface area contributed by atoms with Crippen molar-refractivity contribution in [2.45, 2.75) is 19.1 Å². The summed E-state index contributed by atoms with van der Waals surface area (Å²) >= 11 is 1.19. The first-order valence-corrected chi connectivity index (χ1v) is 9.32. The maximum atomic E-state index is 12.1. The van der Waals surface area contributed by atoms with Crippen LogP contribution in [-0.4, -0.2) is 36.0 Å². The number of nitrogens with one attached hydrogen (secondary N) is 1. The number of hydrogen-bond acceptors (Lipinski definition) is 6. The molecule has 0 bridgehead atoms. The van der Waals surface area contributed by atoms with Gasteiger partial charge in [0.15, 0.2) is 0 Å². The Kier molecular flexibility index (Phi) is 7.43. The molecule has 27 heavy (non-hydrogen) atoms. The highest BCUT2D eigenvalue weighted by Crippen LogP contribution is 2.18. The molecule has 0 spiro atoms. The van der Waals surface area contributed by atoms with Crippen LogP contribution in [0.3, 0.4) is 0 Å². The monoisotopic (exact) mass is 387 g/mol. The number of benzene rings is 2. The molecule has 2 aromatic rings. The van der Waals surface area contributed by atoms with Gasteiger partial charge in [0.1, 0.15) is 11.0 Å². The number of carbonyl (C=O) groups is 3. The zero-order valence-electron chi connectivity index (χ0n) is 15.4. The van der Waals surface area contributed by atoms with Gasteiger partial charge in [-0.15, -0.1) is 11.8 Å². The lowest BCUT2D eigenvalue weighted by Gasteiger charge is -2.11. The average molecular weight is 387 g/mol. The van der Waals surface area contributed by atoms with Gasteiger partial charge in [0.05, 0.1) is 18.4 Å². The standard InChI is InChI=1S/C20H21NO5S/c1-13-4-8-16(9-5-13)21-18(22)12-27-14(2)19(23)26-17-10-6-15(7-11-17)20(24)25-3/h4-11,14H,12H2,1-3H3,(H,21,22)/t14-/m0/s1. The second kappa shape index (κ2) is 9.78. The Bertz CT molecular complexity index is 802. The molecular weight excluding hydrogens is 366 g/mol. The molecule has 0 aromatic heterocycles. The first-order valence-electron chi connectivity index (χ1n) is 8.27. The van der Waals surface area contributed by atoms with E-state index in [1.807, 2.05) is 31.2 Å². The van der Waals surface area contributed by atoms with Crippen LogP contribution < -0.4 is 10.1 Å². The molecule has 0 unspecified atom stereocenters. The van der Waals surface area contributed by atoms with Crippen LogP contribution in [0.4, 0.5) is 5.69 Å². The van der Waals surface area contributed by atoms with Gasteiger partial charge in [0.25, 0.3) is 0 Å². The second-order valence-corrected chi connectivity index (χ2v) is 7.13. The Morgan fingerprint density at radius 3 is 2.26 bits per heavy atom. The summed E-state index contributed by atoms with van der Waals surface area (Å²) in [5.74, 6) is -0.661. The third kappa shape index (κ3) is 6.45. The minimum Gasteiger partial charge on any atom is -0.465 e.